The minimum Gasteiger partial charge on any atom is -0.471 e. The van der Waals surface area contributed by atoms with E-state index in [4.69, 9.17) is 13.3 Å². The molecule has 0 unspecified atom stereocenters. The van der Waals surface area contributed by atoms with E-state index in [1.165, 1.54) is 0 Å². The van der Waals surface area contributed by atoms with Crippen molar-refractivity contribution in [1.82, 2.24) is 0 Å². The van der Waals surface area contributed by atoms with Gasteiger partial charge in [-0.2, -0.15) is 0 Å². The highest BCUT2D eigenvalue weighted by molar-refractivity contribution is 6.29. The van der Waals surface area contributed by atoms with Gasteiger partial charge in [0.25, 0.3) is 0 Å². The average molecular weight is 248 g/mol. The molecular weight excluding hydrogens is 240 g/mol. The first-order valence-electron chi connectivity index (χ1n) is 6.08. The van der Waals surface area contributed by atoms with Crippen LogP contribution in [0.2, 0.25) is 0 Å². The van der Waals surface area contributed by atoms with Gasteiger partial charge in [0.15, 0.2) is 0 Å². The predicted octanol–water partition coefficient (Wildman–Crippen LogP) is 5.08. The monoisotopic (exact) mass is 248 g/mol. The largest absolute Gasteiger partial charge is 0.471 e. The Hall–Kier alpha value is -2.68. The van der Waals surface area contributed by atoms with Gasteiger partial charge in [-0.05, 0) is 17.5 Å². The Bertz CT molecular complexity index is 1060. The Kier molecular flexibility index (Phi) is 1.47. The van der Waals surface area contributed by atoms with Crippen LogP contribution in [-0.4, -0.2) is 0 Å². The van der Waals surface area contributed by atoms with Crippen molar-refractivity contribution in [3.63, 3.8) is 0 Å². The maximum absolute atomic E-state index is 5.66. The molecule has 0 saturated heterocycles. The molecule has 19 heavy (non-hydrogen) atoms. The van der Waals surface area contributed by atoms with Crippen LogP contribution in [0.4, 0.5) is 0 Å². The number of hydrogen-bond acceptors (Lipinski definition) is 3. The third-order valence-corrected chi connectivity index (χ3v) is 3.75. The molecule has 0 atom stereocenters. The van der Waals surface area contributed by atoms with Gasteiger partial charge in [-0.1, -0.05) is 12.1 Å². The molecule has 0 saturated carbocycles. The van der Waals surface area contributed by atoms with Gasteiger partial charge in [-0.3, -0.25) is 0 Å². The van der Waals surface area contributed by atoms with Crippen LogP contribution in [-0.2, 0) is 0 Å². The Morgan fingerprint density at radius 1 is 0.632 bits per heavy atom. The number of fused-ring (bicyclic) bond motifs is 8. The summed E-state index contributed by atoms with van der Waals surface area (Å²) >= 11 is 0. The SMILES string of the molecule is c1cc2c3ccc4ccoc4c3c3cocc3c2o1. The van der Waals surface area contributed by atoms with Crippen LogP contribution in [0.3, 0.4) is 0 Å². The molecule has 3 heteroatoms. The van der Waals surface area contributed by atoms with Gasteiger partial charge in [0.1, 0.15) is 17.4 Å². The highest BCUT2D eigenvalue weighted by atomic mass is 16.3. The molecule has 0 amide bonds. The molecule has 3 nitrogen and oxygen atoms in total. The molecule has 0 aliphatic rings. The molecule has 2 aromatic carbocycles. The van der Waals surface area contributed by atoms with Crippen LogP contribution in [0, 0.1) is 0 Å². The van der Waals surface area contributed by atoms with Gasteiger partial charge in [-0.25, -0.2) is 0 Å². The van der Waals surface area contributed by atoms with Crippen LogP contribution in [0.15, 0.2) is 62.6 Å². The lowest BCUT2D eigenvalue weighted by atomic mass is 10.00. The van der Waals surface area contributed by atoms with Crippen molar-refractivity contribution >= 4 is 43.5 Å². The molecule has 3 heterocycles. The first kappa shape index (κ1) is 9.28. The number of furan rings is 3. The molecule has 0 radical (unpaired) electrons. The lowest BCUT2D eigenvalue weighted by molar-refractivity contribution is 0.571. The summed E-state index contributed by atoms with van der Waals surface area (Å²) in [7, 11) is 0. The topological polar surface area (TPSA) is 39.4 Å². The van der Waals surface area contributed by atoms with Gasteiger partial charge in [0.05, 0.1) is 24.2 Å². The summed E-state index contributed by atoms with van der Waals surface area (Å²) in [5.74, 6) is 0. The molecule has 0 bridgehead atoms. The van der Waals surface area contributed by atoms with E-state index < -0.39 is 0 Å². The van der Waals surface area contributed by atoms with Crippen molar-refractivity contribution in [2.75, 3.05) is 0 Å². The zero-order valence-corrected chi connectivity index (χ0v) is 9.84. The molecule has 3 aromatic heterocycles. The van der Waals surface area contributed by atoms with Crippen molar-refractivity contribution in [3.05, 3.63) is 49.3 Å². The van der Waals surface area contributed by atoms with E-state index in [1.807, 2.05) is 12.1 Å². The maximum Gasteiger partial charge on any atom is 0.145 e. The van der Waals surface area contributed by atoms with Crippen LogP contribution in [0.1, 0.15) is 0 Å². The zero-order chi connectivity index (χ0) is 12.4. The molecule has 90 valence electrons. The minimum atomic E-state index is 0.863. The second kappa shape index (κ2) is 3.01. The highest BCUT2D eigenvalue weighted by Gasteiger charge is 2.15. The van der Waals surface area contributed by atoms with Crippen LogP contribution in [0.5, 0.6) is 0 Å². The first-order valence-corrected chi connectivity index (χ1v) is 6.08. The van der Waals surface area contributed by atoms with E-state index in [0.717, 1.165) is 43.5 Å². The quantitative estimate of drug-likeness (QED) is 0.383. The Morgan fingerprint density at radius 2 is 1.47 bits per heavy atom. The number of hydrogen-bond donors (Lipinski definition) is 0. The Balaban J connectivity index is 2.30. The van der Waals surface area contributed by atoms with E-state index >= 15 is 0 Å². The molecule has 5 aromatic rings. The van der Waals surface area contributed by atoms with Gasteiger partial charge < -0.3 is 13.3 Å². The van der Waals surface area contributed by atoms with Crippen LogP contribution >= 0.6 is 0 Å². The standard InChI is InChI=1S/C16H8O3/c1-2-10-11-4-6-19-16(11)13-8-17-7-12(13)14(10)15-9(1)3-5-18-15/h1-8H. The summed E-state index contributed by atoms with van der Waals surface area (Å²) in [5, 5.41) is 6.40. The molecule has 0 spiro atoms. The molecular formula is C16H8O3. The molecule has 0 aliphatic carbocycles. The van der Waals surface area contributed by atoms with E-state index in [2.05, 4.69) is 12.1 Å². The minimum absolute atomic E-state index is 0.863. The van der Waals surface area contributed by atoms with Gasteiger partial charge in [-0.15, -0.1) is 0 Å². The second-order valence-electron chi connectivity index (χ2n) is 4.69. The van der Waals surface area contributed by atoms with Crippen LogP contribution in [0.25, 0.3) is 43.5 Å². The molecule has 0 fully saturated rings. The van der Waals surface area contributed by atoms with Crippen molar-refractivity contribution in [1.29, 1.82) is 0 Å². The summed E-state index contributed by atoms with van der Waals surface area (Å²) in [6, 6.07) is 8.14. The van der Waals surface area contributed by atoms with Crippen molar-refractivity contribution < 1.29 is 13.3 Å². The molecule has 0 N–H and O–H groups in total. The smallest absolute Gasteiger partial charge is 0.145 e. The number of benzene rings is 2. The Morgan fingerprint density at radius 3 is 2.47 bits per heavy atom. The number of rotatable bonds is 0. The summed E-state index contributed by atoms with van der Waals surface area (Å²) in [6.45, 7) is 0. The van der Waals surface area contributed by atoms with Gasteiger partial charge >= 0.3 is 0 Å². The van der Waals surface area contributed by atoms with Crippen molar-refractivity contribution in [2.45, 2.75) is 0 Å². The average Bonchev–Trinajstić information content (AvgIpc) is 3.17. The van der Waals surface area contributed by atoms with Crippen molar-refractivity contribution in [2.24, 2.45) is 0 Å². The van der Waals surface area contributed by atoms with Crippen molar-refractivity contribution in [3.8, 4) is 0 Å². The maximum atomic E-state index is 5.66. The lowest BCUT2D eigenvalue weighted by Gasteiger charge is -2.02. The van der Waals surface area contributed by atoms with Gasteiger partial charge in [0, 0.05) is 21.5 Å². The zero-order valence-electron chi connectivity index (χ0n) is 9.84. The third-order valence-electron chi connectivity index (χ3n) is 3.75. The second-order valence-corrected chi connectivity index (χ2v) is 4.69. The fraction of sp³-hybridized carbons (Fsp3) is 0. The fourth-order valence-electron chi connectivity index (χ4n) is 2.92. The predicted molar refractivity (Wildman–Crippen MR) is 73.3 cm³/mol. The molecule has 0 aliphatic heterocycles. The fourth-order valence-corrected chi connectivity index (χ4v) is 2.92. The highest BCUT2D eigenvalue weighted by Crippen LogP contribution is 2.39. The van der Waals surface area contributed by atoms with Crippen LogP contribution < -0.4 is 0 Å². The van der Waals surface area contributed by atoms with E-state index in [1.54, 1.807) is 25.1 Å². The first-order chi connectivity index (χ1) is 9.43. The molecule has 5 rings (SSSR count). The Labute approximate surface area is 107 Å². The van der Waals surface area contributed by atoms with E-state index in [9.17, 15) is 0 Å². The third kappa shape index (κ3) is 0.993. The normalized spacial score (nSPS) is 12.2. The summed E-state index contributed by atoms with van der Waals surface area (Å²) in [5.41, 5.74) is 1.76. The van der Waals surface area contributed by atoms with Gasteiger partial charge in [0.2, 0.25) is 0 Å². The summed E-state index contributed by atoms with van der Waals surface area (Å²) in [4.78, 5) is 0. The lowest BCUT2D eigenvalue weighted by Crippen LogP contribution is -1.77. The van der Waals surface area contributed by atoms with E-state index in [-0.39, 0.29) is 0 Å². The van der Waals surface area contributed by atoms with E-state index in [0.29, 0.717) is 0 Å². The summed E-state index contributed by atoms with van der Waals surface area (Å²) in [6.07, 6.45) is 6.91. The summed E-state index contributed by atoms with van der Waals surface area (Å²) < 4.78 is 16.6.